The summed E-state index contributed by atoms with van der Waals surface area (Å²) in [5.74, 6) is 0.147. The quantitative estimate of drug-likeness (QED) is 0.699. The van der Waals surface area contributed by atoms with Crippen molar-refractivity contribution >= 4 is 5.91 Å². The number of hydrogen-bond acceptors (Lipinski definition) is 2. The minimum atomic E-state index is 0.147. The lowest BCUT2D eigenvalue weighted by molar-refractivity contribution is -0.121. The molecule has 0 aromatic heterocycles. The molecule has 3 heteroatoms. The van der Waals surface area contributed by atoms with Crippen LogP contribution in [-0.2, 0) is 4.79 Å². The van der Waals surface area contributed by atoms with Gasteiger partial charge in [-0.05, 0) is 38.5 Å². The van der Waals surface area contributed by atoms with Gasteiger partial charge in [0.25, 0.3) is 0 Å². The van der Waals surface area contributed by atoms with Crippen molar-refractivity contribution in [2.75, 3.05) is 6.54 Å². The second-order valence-electron chi connectivity index (χ2n) is 4.92. The summed E-state index contributed by atoms with van der Waals surface area (Å²) >= 11 is 0. The van der Waals surface area contributed by atoms with Crippen molar-refractivity contribution in [2.45, 2.75) is 70.9 Å². The van der Waals surface area contributed by atoms with E-state index in [1.165, 1.54) is 19.3 Å². The second kappa shape index (κ2) is 6.24. The Bertz CT molecular complexity index is 214. The molecule has 0 bridgehead atoms. The van der Waals surface area contributed by atoms with Crippen molar-refractivity contribution in [1.82, 2.24) is 10.6 Å². The minimum absolute atomic E-state index is 0.147. The van der Waals surface area contributed by atoms with Crippen molar-refractivity contribution in [3.05, 3.63) is 0 Å². The van der Waals surface area contributed by atoms with Gasteiger partial charge in [-0.1, -0.05) is 20.8 Å². The van der Waals surface area contributed by atoms with Crippen molar-refractivity contribution < 1.29 is 4.79 Å². The molecule has 1 fully saturated rings. The maximum Gasteiger partial charge on any atom is 0.234 e. The predicted octanol–water partition coefficient (Wildman–Crippen LogP) is 2.21. The first-order valence-corrected chi connectivity index (χ1v) is 6.70. The molecule has 0 radical (unpaired) electrons. The molecule has 0 aliphatic heterocycles. The predicted molar refractivity (Wildman–Crippen MR) is 67.4 cm³/mol. The highest BCUT2D eigenvalue weighted by Gasteiger charge is 2.34. The number of carbonyl (C=O) groups is 1. The Morgan fingerprint density at radius 2 is 1.88 bits per heavy atom. The van der Waals surface area contributed by atoms with Crippen LogP contribution in [0.5, 0.6) is 0 Å². The number of nitrogens with one attached hydrogen (secondary N) is 2. The lowest BCUT2D eigenvalue weighted by Crippen LogP contribution is -2.54. The van der Waals surface area contributed by atoms with E-state index < -0.39 is 0 Å². The molecular weight excluding hydrogens is 200 g/mol. The van der Waals surface area contributed by atoms with Crippen LogP contribution < -0.4 is 10.6 Å². The average Bonchev–Trinajstić information content (AvgIpc) is 2.25. The molecule has 0 aromatic carbocycles. The summed E-state index contributed by atoms with van der Waals surface area (Å²) in [6, 6.07) is 0.341. The number of carbonyl (C=O) groups excluding carboxylic acids is 1. The molecule has 0 saturated heterocycles. The molecular formula is C13H26N2O. The van der Waals surface area contributed by atoms with Gasteiger partial charge in [0.15, 0.2) is 0 Å². The molecule has 0 atom stereocenters. The molecule has 94 valence electrons. The molecule has 2 N–H and O–H groups in total. The van der Waals surface area contributed by atoms with E-state index in [0.717, 1.165) is 19.3 Å². The molecule has 3 nitrogen and oxygen atoms in total. The fraction of sp³-hybridized carbons (Fsp3) is 0.923. The van der Waals surface area contributed by atoms with Gasteiger partial charge in [-0.3, -0.25) is 4.79 Å². The third kappa shape index (κ3) is 3.48. The van der Waals surface area contributed by atoms with E-state index in [0.29, 0.717) is 12.6 Å². The van der Waals surface area contributed by atoms with Crippen molar-refractivity contribution in [2.24, 2.45) is 0 Å². The van der Waals surface area contributed by atoms with E-state index in [-0.39, 0.29) is 11.4 Å². The fourth-order valence-electron chi connectivity index (χ4n) is 2.30. The van der Waals surface area contributed by atoms with Crippen LogP contribution in [0.25, 0.3) is 0 Å². The van der Waals surface area contributed by atoms with E-state index in [9.17, 15) is 4.79 Å². The molecule has 1 aliphatic carbocycles. The van der Waals surface area contributed by atoms with Crippen molar-refractivity contribution in [3.63, 3.8) is 0 Å². The molecule has 0 spiro atoms. The van der Waals surface area contributed by atoms with Crippen molar-refractivity contribution in [3.8, 4) is 0 Å². The van der Waals surface area contributed by atoms with Crippen LogP contribution in [0, 0.1) is 0 Å². The van der Waals surface area contributed by atoms with E-state index in [2.05, 4.69) is 31.4 Å². The van der Waals surface area contributed by atoms with Gasteiger partial charge in [-0.2, -0.15) is 0 Å². The first-order valence-electron chi connectivity index (χ1n) is 6.70. The molecule has 0 aromatic rings. The van der Waals surface area contributed by atoms with Crippen LogP contribution in [0.4, 0.5) is 0 Å². The van der Waals surface area contributed by atoms with Gasteiger partial charge in [-0.25, -0.2) is 0 Å². The Kier molecular flexibility index (Phi) is 5.26. The van der Waals surface area contributed by atoms with Gasteiger partial charge >= 0.3 is 0 Å². The zero-order valence-electron chi connectivity index (χ0n) is 10.9. The highest BCUT2D eigenvalue weighted by Crippen LogP contribution is 2.34. The molecule has 16 heavy (non-hydrogen) atoms. The molecule has 0 heterocycles. The number of rotatable bonds is 7. The monoisotopic (exact) mass is 226 g/mol. The van der Waals surface area contributed by atoms with Gasteiger partial charge in [-0.15, -0.1) is 0 Å². The van der Waals surface area contributed by atoms with Gasteiger partial charge < -0.3 is 10.6 Å². The highest BCUT2D eigenvalue weighted by atomic mass is 16.2. The Labute approximate surface area is 99.4 Å². The Morgan fingerprint density at radius 3 is 2.25 bits per heavy atom. The summed E-state index contributed by atoms with van der Waals surface area (Å²) in [7, 11) is 0. The average molecular weight is 226 g/mol. The molecule has 0 unspecified atom stereocenters. The van der Waals surface area contributed by atoms with Crippen LogP contribution in [-0.4, -0.2) is 24.0 Å². The van der Waals surface area contributed by atoms with E-state index in [1.807, 2.05) is 0 Å². The standard InChI is InChI=1S/C13H26N2O/c1-4-11(5-2)15-12(16)10-14-13(6-3)8-7-9-13/h11,14H,4-10H2,1-3H3,(H,15,16). The Balaban J connectivity index is 2.24. The third-order valence-electron chi connectivity index (χ3n) is 3.96. The van der Waals surface area contributed by atoms with Gasteiger partial charge in [0.1, 0.15) is 0 Å². The zero-order valence-corrected chi connectivity index (χ0v) is 10.9. The van der Waals surface area contributed by atoms with Crippen LogP contribution in [0.2, 0.25) is 0 Å². The molecule has 1 aliphatic rings. The first kappa shape index (κ1) is 13.5. The summed E-state index contributed by atoms with van der Waals surface area (Å²) in [6.45, 7) is 6.90. The van der Waals surface area contributed by atoms with Gasteiger partial charge in [0, 0.05) is 11.6 Å². The van der Waals surface area contributed by atoms with Crippen LogP contribution in [0.15, 0.2) is 0 Å². The minimum Gasteiger partial charge on any atom is -0.352 e. The van der Waals surface area contributed by atoms with Crippen LogP contribution >= 0.6 is 0 Å². The molecule has 1 saturated carbocycles. The highest BCUT2D eigenvalue weighted by molar-refractivity contribution is 5.78. The smallest absolute Gasteiger partial charge is 0.234 e. The topological polar surface area (TPSA) is 41.1 Å². The SMILES string of the molecule is CCC(CC)NC(=O)CNC1(CC)CCC1. The summed E-state index contributed by atoms with van der Waals surface area (Å²) in [5, 5.41) is 6.48. The number of hydrogen-bond donors (Lipinski definition) is 2. The summed E-state index contributed by atoms with van der Waals surface area (Å²) in [6.07, 6.45) is 6.91. The van der Waals surface area contributed by atoms with Gasteiger partial charge in [0.2, 0.25) is 5.91 Å². The maximum absolute atomic E-state index is 11.7. The lowest BCUT2D eigenvalue weighted by atomic mass is 9.75. The second-order valence-corrected chi connectivity index (χ2v) is 4.92. The summed E-state index contributed by atoms with van der Waals surface area (Å²) < 4.78 is 0. The van der Waals surface area contributed by atoms with Crippen molar-refractivity contribution in [1.29, 1.82) is 0 Å². The Morgan fingerprint density at radius 1 is 1.25 bits per heavy atom. The van der Waals surface area contributed by atoms with E-state index in [4.69, 9.17) is 0 Å². The summed E-state index contributed by atoms with van der Waals surface area (Å²) in [4.78, 5) is 11.7. The van der Waals surface area contributed by atoms with Gasteiger partial charge in [0.05, 0.1) is 6.54 Å². The number of amides is 1. The third-order valence-corrected chi connectivity index (χ3v) is 3.96. The van der Waals surface area contributed by atoms with E-state index >= 15 is 0 Å². The largest absolute Gasteiger partial charge is 0.352 e. The normalized spacial score (nSPS) is 18.2. The zero-order chi connectivity index (χ0) is 12.0. The summed E-state index contributed by atoms with van der Waals surface area (Å²) in [5.41, 5.74) is 0.269. The van der Waals surface area contributed by atoms with Crippen LogP contribution in [0.3, 0.4) is 0 Å². The van der Waals surface area contributed by atoms with E-state index in [1.54, 1.807) is 0 Å². The fourth-order valence-corrected chi connectivity index (χ4v) is 2.30. The molecule has 1 rings (SSSR count). The maximum atomic E-state index is 11.7. The lowest BCUT2D eigenvalue weighted by Gasteiger charge is -2.42. The first-order chi connectivity index (χ1) is 7.65. The Hall–Kier alpha value is -0.570. The molecule has 1 amide bonds. The van der Waals surface area contributed by atoms with Crippen LogP contribution in [0.1, 0.15) is 59.3 Å².